The average Bonchev–Trinajstić information content (AvgIpc) is 2.24. The molecule has 0 aliphatic rings. The van der Waals surface area contributed by atoms with Gasteiger partial charge in [0.05, 0.1) is 7.11 Å². The highest BCUT2D eigenvalue weighted by Gasteiger charge is 2.15. The molecular formula is C12H16BrClO. The van der Waals surface area contributed by atoms with E-state index >= 15 is 0 Å². The summed E-state index contributed by atoms with van der Waals surface area (Å²) in [4.78, 5) is 0. The fourth-order valence-electron chi connectivity index (χ4n) is 1.82. The van der Waals surface area contributed by atoms with Crippen molar-refractivity contribution in [1.29, 1.82) is 0 Å². The molecule has 0 saturated carbocycles. The molecular weight excluding hydrogens is 275 g/mol. The molecule has 0 unspecified atom stereocenters. The Bertz CT molecular complexity index is 375. The number of benzene rings is 1. The van der Waals surface area contributed by atoms with E-state index in [1.807, 2.05) is 0 Å². The summed E-state index contributed by atoms with van der Waals surface area (Å²) in [5, 5.41) is 0. The molecule has 0 amide bonds. The number of methoxy groups -OCH3 is 1. The van der Waals surface area contributed by atoms with Gasteiger partial charge in [0, 0.05) is 10.4 Å². The first-order valence-corrected chi connectivity index (χ1v) is 6.25. The molecule has 15 heavy (non-hydrogen) atoms. The summed E-state index contributed by atoms with van der Waals surface area (Å²) >= 11 is 9.43. The van der Waals surface area contributed by atoms with Gasteiger partial charge in [-0.3, -0.25) is 0 Å². The molecule has 0 N–H and O–H groups in total. The summed E-state index contributed by atoms with van der Waals surface area (Å²) < 4.78 is 6.63. The van der Waals surface area contributed by atoms with Gasteiger partial charge in [0.2, 0.25) is 0 Å². The molecule has 0 bridgehead atoms. The van der Waals surface area contributed by atoms with E-state index in [0.29, 0.717) is 5.88 Å². The van der Waals surface area contributed by atoms with Crippen LogP contribution in [0.25, 0.3) is 0 Å². The smallest absolute Gasteiger partial charge is 0.125 e. The van der Waals surface area contributed by atoms with Crippen molar-refractivity contribution in [2.24, 2.45) is 0 Å². The van der Waals surface area contributed by atoms with E-state index in [9.17, 15) is 0 Å². The first-order valence-electron chi connectivity index (χ1n) is 4.92. The molecule has 1 aromatic carbocycles. The summed E-state index contributed by atoms with van der Waals surface area (Å²) in [5.41, 5.74) is 4.87. The van der Waals surface area contributed by atoms with E-state index in [1.165, 1.54) is 26.7 Å². The van der Waals surface area contributed by atoms with Gasteiger partial charge in [0.1, 0.15) is 5.75 Å². The Hall–Kier alpha value is -0.210. The van der Waals surface area contributed by atoms with Gasteiger partial charge < -0.3 is 4.74 Å². The maximum absolute atomic E-state index is 5.81. The number of rotatable bonds is 3. The normalized spacial score (nSPS) is 10.5. The van der Waals surface area contributed by atoms with Crippen molar-refractivity contribution in [2.75, 3.05) is 13.0 Å². The topological polar surface area (TPSA) is 9.23 Å². The fraction of sp³-hybridized carbons (Fsp3) is 0.500. The zero-order valence-electron chi connectivity index (χ0n) is 9.58. The molecule has 0 fully saturated rings. The quantitative estimate of drug-likeness (QED) is 0.760. The molecule has 0 atom stereocenters. The number of alkyl halides is 1. The second-order valence-corrected chi connectivity index (χ2v) is 4.81. The van der Waals surface area contributed by atoms with Crippen LogP contribution in [0, 0.1) is 20.8 Å². The van der Waals surface area contributed by atoms with Crippen molar-refractivity contribution in [3.63, 3.8) is 0 Å². The number of halogens is 2. The van der Waals surface area contributed by atoms with Crippen LogP contribution in [0.1, 0.15) is 22.3 Å². The van der Waals surface area contributed by atoms with Crippen molar-refractivity contribution in [2.45, 2.75) is 27.2 Å². The molecule has 3 heteroatoms. The Balaban J connectivity index is 3.47. The predicted molar refractivity (Wildman–Crippen MR) is 69.3 cm³/mol. The van der Waals surface area contributed by atoms with Crippen LogP contribution in [-0.2, 0) is 6.42 Å². The lowest BCUT2D eigenvalue weighted by molar-refractivity contribution is 0.406. The van der Waals surface area contributed by atoms with Gasteiger partial charge >= 0.3 is 0 Å². The third-order valence-corrected chi connectivity index (χ3v) is 4.22. The molecule has 1 nitrogen and oxygen atoms in total. The van der Waals surface area contributed by atoms with E-state index < -0.39 is 0 Å². The molecule has 0 aliphatic heterocycles. The van der Waals surface area contributed by atoms with Gasteiger partial charge in [-0.25, -0.2) is 0 Å². The van der Waals surface area contributed by atoms with Crippen LogP contribution in [-0.4, -0.2) is 13.0 Å². The lowest BCUT2D eigenvalue weighted by atomic mass is 9.97. The van der Waals surface area contributed by atoms with E-state index in [4.69, 9.17) is 16.3 Å². The first-order chi connectivity index (χ1) is 7.04. The second kappa shape index (κ2) is 5.22. The number of hydrogen-bond acceptors (Lipinski definition) is 1. The Morgan fingerprint density at radius 1 is 1.13 bits per heavy atom. The van der Waals surface area contributed by atoms with Gasteiger partial charge in [-0.2, -0.15) is 0 Å². The van der Waals surface area contributed by atoms with Crippen LogP contribution in [0.2, 0.25) is 0 Å². The Morgan fingerprint density at radius 2 is 1.73 bits per heavy atom. The summed E-state index contributed by atoms with van der Waals surface area (Å²) in [6.45, 7) is 6.27. The number of hydrogen-bond donors (Lipinski definition) is 0. The molecule has 0 radical (unpaired) electrons. The van der Waals surface area contributed by atoms with Crippen LogP contribution >= 0.6 is 27.5 Å². The highest BCUT2D eigenvalue weighted by molar-refractivity contribution is 9.10. The van der Waals surface area contributed by atoms with E-state index in [2.05, 4.69) is 36.7 Å². The Morgan fingerprint density at radius 3 is 2.20 bits per heavy atom. The summed E-state index contributed by atoms with van der Waals surface area (Å²) in [5.74, 6) is 1.60. The van der Waals surface area contributed by atoms with Gasteiger partial charge in [0.25, 0.3) is 0 Å². The van der Waals surface area contributed by atoms with Gasteiger partial charge in [-0.15, -0.1) is 11.6 Å². The standard InChI is InChI=1S/C12H16BrClO/c1-7-8(2)12(15-4)10(5-6-14)9(3)11(7)13/h5-6H2,1-4H3. The van der Waals surface area contributed by atoms with Crippen LogP contribution in [0.5, 0.6) is 5.75 Å². The highest BCUT2D eigenvalue weighted by atomic mass is 79.9. The second-order valence-electron chi connectivity index (χ2n) is 3.64. The van der Waals surface area contributed by atoms with Crippen LogP contribution in [0.3, 0.4) is 0 Å². The average molecular weight is 292 g/mol. The Labute approximate surface area is 105 Å². The van der Waals surface area contributed by atoms with Gasteiger partial charge in [0.15, 0.2) is 0 Å². The molecule has 0 heterocycles. The van der Waals surface area contributed by atoms with Crippen LogP contribution in [0.4, 0.5) is 0 Å². The summed E-state index contributed by atoms with van der Waals surface area (Å²) in [6.07, 6.45) is 0.844. The molecule has 84 valence electrons. The van der Waals surface area contributed by atoms with Crippen molar-refractivity contribution >= 4 is 27.5 Å². The van der Waals surface area contributed by atoms with Crippen molar-refractivity contribution in [3.05, 3.63) is 26.7 Å². The maximum Gasteiger partial charge on any atom is 0.125 e. The zero-order valence-corrected chi connectivity index (χ0v) is 11.9. The van der Waals surface area contributed by atoms with E-state index in [-0.39, 0.29) is 0 Å². The SMILES string of the molecule is COc1c(C)c(C)c(Br)c(C)c1CCCl. The van der Waals surface area contributed by atoms with Crippen LogP contribution in [0.15, 0.2) is 4.47 Å². The summed E-state index contributed by atoms with van der Waals surface area (Å²) in [7, 11) is 1.72. The maximum atomic E-state index is 5.81. The molecule has 1 aromatic rings. The van der Waals surface area contributed by atoms with E-state index in [1.54, 1.807) is 7.11 Å². The van der Waals surface area contributed by atoms with Crippen molar-refractivity contribution < 1.29 is 4.74 Å². The molecule has 0 saturated heterocycles. The summed E-state index contributed by atoms with van der Waals surface area (Å²) in [6, 6.07) is 0. The zero-order chi connectivity index (χ0) is 11.6. The number of ether oxygens (including phenoxy) is 1. The minimum absolute atomic E-state index is 0.617. The van der Waals surface area contributed by atoms with Crippen molar-refractivity contribution in [1.82, 2.24) is 0 Å². The lowest BCUT2D eigenvalue weighted by Crippen LogP contribution is -2.02. The highest BCUT2D eigenvalue weighted by Crippen LogP contribution is 2.36. The van der Waals surface area contributed by atoms with Gasteiger partial charge in [-0.05, 0) is 49.4 Å². The fourth-order valence-corrected chi connectivity index (χ4v) is 2.54. The molecule has 1 rings (SSSR count). The predicted octanol–water partition coefficient (Wildman–Crippen LogP) is 4.16. The first kappa shape index (κ1) is 12.9. The third-order valence-electron chi connectivity index (χ3n) is 2.84. The third kappa shape index (κ3) is 2.31. The molecule has 0 aliphatic carbocycles. The molecule has 0 aromatic heterocycles. The van der Waals surface area contributed by atoms with Crippen molar-refractivity contribution in [3.8, 4) is 5.75 Å². The largest absolute Gasteiger partial charge is 0.496 e. The minimum Gasteiger partial charge on any atom is -0.496 e. The van der Waals surface area contributed by atoms with Crippen LogP contribution < -0.4 is 4.74 Å². The monoisotopic (exact) mass is 290 g/mol. The lowest BCUT2D eigenvalue weighted by Gasteiger charge is -2.18. The molecule has 0 spiro atoms. The Kier molecular flexibility index (Phi) is 4.47. The van der Waals surface area contributed by atoms with E-state index in [0.717, 1.165) is 12.2 Å². The van der Waals surface area contributed by atoms with Gasteiger partial charge in [-0.1, -0.05) is 15.9 Å². The minimum atomic E-state index is 0.617.